The first-order valence-electron chi connectivity index (χ1n) is 38.2. The molecule has 0 unspecified atom stereocenters. The van der Waals surface area contributed by atoms with E-state index in [-0.39, 0.29) is 22.4 Å². The fourth-order valence-electron chi connectivity index (χ4n) is 14.0. The molecular weight excluding hydrogens is 1700 g/mol. The van der Waals surface area contributed by atoms with E-state index < -0.39 is 72.9 Å². The third-order valence-electron chi connectivity index (χ3n) is 19.8. The number of nitrogens with one attached hydrogen (secondary N) is 10. The number of H-pyrrole nitrogens is 4. The number of pyridine rings is 4. The van der Waals surface area contributed by atoms with Crippen molar-refractivity contribution in [2.75, 3.05) is 77.9 Å². The van der Waals surface area contributed by atoms with Gasteiger partial charge in [-0.3, -0.25) is 19.2 Å². The predicted octanol–water partition coefficient (Wildman–Crippen LogP) is 15.6. The number of aromatic amines is 4. The summed E-state index contributed by atoms with van der Waals surface area (Å²) in [6.45, 7) is 7.11. The molecular formula is C81H77Cl3F8N24O4S2. The van der Waals surface area contributed by atoms with Crippen LogP contribution in [0.3, 0.4) is 0 Å². The highest BCUT2D eigenvalue weighted by atomic mass is 35.5. The number of likely N-dealkylation sites (N-methyl/N-ethyl adjacent to an activating group) is 1. The van der Waals surface area contributed by atoms with Crippen molar-refractivity contribution in [1.82, 2.24) is 101 Å². The van der Waals surface area contributed by atoms with Gasteiger partial charge in [-0.25, -0.2) is 68.6 Å². The van der Waals surface area contributed by atoms with Crippen molar-refractivity contribution in [3.8, 4) is 45.6 Å². The Hall–Kier alpha value is -11.9. The standard InChI is InChI=1S/C21H20ClF3N6OS2.C21H20ClFN6O.C21H21ClN6O.C18H16F4N6O/c22-12-6-13-14(9-28-17(13)27-8-12)18-26-3-2-16(30-18)31-11-20(33-4-1-5-34-20)7-15(31)19(32)29-10-21(23,24)25;1-21(2,20(30)24-8-7-23)29-19-13-5-3-4-6-16(13)27-18(28-19)15-11-26-17-14(15)9-12(22)10-25-17;1-4-23-20(29)21(2,3)28-19-13-7-5-6-8-16(13)26-18(27-19)15-11-25-17-14(15)9-12(22)10-24-17;19-10-6-11-12(8-25-15(11)24-7-10)16-23-4-3-14(27-16)28-5-1-2-13(28)17(29)26-9-18(20,21)22/h2-3,6,8-9,15H,1,4-5,7,10-11H2,(H,27,28)(H,29,32);3-6,9-11H,7-8H2,1-2H3,(H,24,30)(H,25,26)(H,27,28,29);5-11H,4H2,1-3H3,(H,23,29)(H,24,25)(H,26,27,28);3-4,6-8,13H,1-2,5,9H2,(H,24,25)(H,26,29)/t15-;;;13-/m1..1/s1. The molecule has 0 radical (unpaired) electrons. The molecule has 41 heteroatoms. The van der Waals surface area contributed by atoms with Gasteiger partial charge in [-0.15, -0.1) is 23.5 Å². The molecule has 1 spiro atoms. The SMILES string of the molecule is CC(C)(Nc1nc(-c2c[nH]c3ncc(Cl)cc23)nc2ccccc12)C(=O)NCCF.CCNC(=O)C(C)(C)Nc1nc(-c2c[nH]c3ncc(Cl)cc23)nc2ccccc12.O=C(NCC(F)(F)F)[C@H]1CC2(CN1c1ccnc(-c3c[nH]c4ncc(Cl)cc34)n1)SCCCS2.O=C(NCC(F)(F)F)[C@H]1CCCN1c1ccnc(-c2c[nH]c3ncc(F)cc23)n1. The minimum absolute atomic E-state index is 0.0389. The van der Waals surface area contributed by atoms with Crippen molar-refractivity contribution in [1.29, 1.82) is 0 Å². The zero-order valence-corrected chi connectivity index (χ0v) is 69.5. The number of fused-ring (bicyclic) bond motifs is 6. The average Bonchev–Trinajstić information content (AvgIpc) is 1.69. The molecule has 634 valence electrons. The maximum atomic E-state index is 13.6. The Kier molecular flexibility index (Phi) is 25.8. The Bertz CT molecular complexity index is 6210. The summed E-state index contributed by atoms with van der Waals surface area (Å²) in [5, 5.41) is 21.9. The minimum atomic E-state index is -4.47. The lowest BCUT2D eigenvalue weighted by Crippen LogP contribution is -2.48. The van der Waals surface area contributed by atoms with Gasteiger partial charge < -0.3 is 61.6 Å². The molecule has 12 aromatic heterocycles. The van der Waals surface area contributed by atoms with E-state index in [9.17, 15) is 54.3 Å². The summed E-state index contributed by atoms with van der Waals surface area (Å²) in [5.74, 6) is 3.31. The molecule has 28 nitrogen and oxygen atoms in total. The Morgan fingerprint density at radius 1 is 0.508 bits per heavy atom. The summed E-state index contributed by atoms with van der Waals surface area (Å²) in [4.78, 5) is 119. The molecule has 3 aliphatic rings. The van der Waals surface area contributed by atoms with Crippen LogP contribution in [0.4, 0.5) is 58.4 Å². The number of anilines is 4. The topological polar surface area (TPSA) is 365 Å². The van der Waals surface area contributed by atoms with E-state index in [0.29, 0.717) is 145 Å². The van der Waals surface area contributed by atoms with Crippen LogP contribution >= 0.6 is 58.3 Å². The van der Waals surface area contributed by atoms with Gasteiger partial charge in [0.1, 0.15) is 94.6 Å². The summed E-state index contributed by atoms with van der Waals surface area (Å²) in [5.41, 5.74) is 4.87. The predicted molar refractivity (Wildman–Crippen MR) is 458 cm³/mol. The van der Waals surface area contributed by atoms with Gasteiger partial charge in [0.25, 0.3) is 0 Å². The molecule has 17 rings (SSSR count). The van der Waals surface area contributed by atoms with Crippen LogP contribution in [-0.4, -0.2) is 200 Å². The number of carbonyl (C=O) groups excluding carboxylic acids is 4. The summed E-state index contributed by atoms with van der Waals surface area (Å²) >= 11 is 21.9. The fourth-order valence-corrected chi connectivity index (χ4v) is 17.9. The van der Waals surface area contributed by atoms with Crippen LogP contribution in [0.15, 0.2) is 147 Å². The lowest BCUT2D eigenvalue weighted by Gasteiger charge is -2.31. The van der Waals surface area contributed by atoms with E-state index in [0.717, 1.165) is 67.7 Å². The quantitative estimate of drug-likeness (QED) is 0.0336. The van der Waals surface area contributed by atoms with E-state index in [2.05, 4.69) is 81.4 Å². The molecule has 0 aliphatic carbocycles. The number of amides is 4. The molecule has 4 amide bonds. The van der Waals surface area contributed by atoms with Crippen molar-refractivity contribution in [3.63, 3.8) is 0 Å². The van der Waals surface area contributed by atoms with Crippen molar-refractivity contribution < 1.29 is 54.3 Å². The third kappa shape index (κ3) is 20.0. The van der Waals surface area contributed by atoms with Gasteiger partial charge >= 0.3 is 12.4 Å². The van der Waals surface area contributed by atoms with Crippen LogP contribution in [0.2, 0.25) is 15.1 Å². The summed E-state index contributed by atoms with van der Waals surface area (Å²) in [7, 11) is 0. The van der Waals surface area contributed by atoms with E-state index >= 15 is 0 Å². The highest BCUT2D eigenvalue weighted by Crippen LogP contribution is 2.51. The molecule has 10 N–H and O–H groups in total. The first kappa shape index (κ1) is 86.5. The van der Waals surface area contributed by atoms with Crippen molar-refractivity contribution in [3.05, 3.63) is 168 Å². The molecule has 3 aliphatic heterocycles. The molecule has 3 fully saturated rings. The second kappa shape index (κ2) is 36.4. The zero-order valence-electron chi connectivity index (χ0n) is 65.6. The van der Waals surface area contributed by atoms with Gasteiger partial charge in [0.15, 0.2) is 23.3 Å². The lowest BCUT2D eigenvalue weighted by molar-refractivity contribution is -0.139. The molecule has 0 bridgehead atoms. The Balaban J connectivity index is 0.000000133. The number of thioether (sulfide) groups is 2. The number of hydrogen-bond donors (Lipinski definition) is 10. The van der Waals surface area contributed by atoms with Crippen LogP contribution < -0.4 is 41.7 Å². The van der Waals surface area contributed by atoms with Gasteiger partial charge in [0, 0.05) is 143 Å². The highest BCUT2D eigenvalue weighted by molar-refractivity contribution is 8.18. The molecule has 122 heavy (non-hydrogen) atoms. The number of hydrogen-bond acceptors (Lipinski definition) is 22. The summed E-state index contributed by atoms with van der Waals surface area (Å²) in [6, 6.07) is 23.7. The Morgan fingerprint density at radius 3 is 1.39 bits per heavy atom. The summed E-state index contributed by atoms with van der Waals surface area (Å²) < 4.78 is 101. The second-order valence-electron chi connectivity index (χ2n) is 29.4. The molecule has 3 saturated heterocycles. The number of halogens is 11. The number of alkyl halides is 7. The maximum Gasteiger partial charge on any atom is 0.405 e. The van der Waals surface area contributed by atoms with Crippen LogP contribution in [0, 0.1) is 5.82 Å². The summed E-state index contributed by atoms with van der Waals surface area (Å²) in [6.07, 6.45) is 9.43. The smallest absolute Gasteiger partial charge is 0.356 e. The average molecular weight is 1770 g/mol. The number of benzene rings is 2. The number of aromatic nitrogens is 16. The van der Waals surface area contributed by atoms with Crippen LogP contribution in [-0.2, 0) is 19.2 Å². The number of para-hydroxylation sites is 2. The van der Waals surface area contributed by atoms with E-state index in [4.69, 9.17) is 59.7 Å². The molecule has 15 heterocycles. The van der Waals surface area contributed by atoms with Crippen LogP contribution in [0.25, 0.3) is 111 Å². The number of nitrogens with zero attached hydrogens (tertiary/aromatic N) is 14. The normalized spacial score (nSPS) is 15.4. The van der Waals surface area contributed by atoms with E-state index in [1.165, 1.54) is 18.5 Å². The molecule has 14 aromatic rings. The van der Waals surface area contributed by atoms with Crippen molar-refractivity contribution >= 4 is 171 Å². The van der Waals surface area contributed by atoms with E-state index in [1.807, 2.05) is 91.8 Å². The van der Waals surface area contributed by atoms with Gasteiger partial charge in [-0.1, -0.05) is 59.1 Å². The highest BCUT2D eigenvalue weighted by Gasteiger charge is 2.50. The Morgan fingerprint density at radius 2 is 0.934 bits per heavy atom. The minimum Gasteiger partial charge on any atom is -0.356 e. The first-order valence-corrected chi connectivity index (χ1v) is 41.3. The number of carbonyl (C=O) groups is 4. The third-order valence-corrected chi connectivity index (χ3v) is 23.8. The fraction of sp³-hybridized carbons (Fsp3) is 0.309. The van der Waals surface area contributed by atoms with Crippen molar-refractivity contribution in [2.24, 2.45) is 0 Å². The monoisotopic (exact) mass is 1770 g/mol. The maximum absolute atomic E-state index is 13.6. The molecule has 0 saturated carbocycles. The molecule has 2 atom stereocenters. The second-order valence-corrected chi connectivity index (χ2v) is 34.0. The van der Waals surface area contributed by atoms with Crippen molar-refractivity contribution in [2.45, 2.75) is 99.9 Å². The number of rotatable bonds is 19. The lowest BCUT2D eigenvalue weighted by atomic mass is 10.0. The molecule has 2 aromatic carbocycles. The van der Waals surface area contributed by atoms with Crippen LogP contribution in [0.1, 0.15) is 60.3 Å². The van der Waals surface area contributed by atoms with E-state index in [1.54, 1.807) is 104 Å². The van der Waals surface area contributed by atoms with Gasteiger partial charge in [-0.2, -0.15) is 26.3 Å². The van der Waals surface area contributed by atoms with Gasteiger partial charge in [-0.05, 0) is 126 Å². The van der Waals surface area contributed by atoms with Crippen LogP contribution in [0.5, 0.6) is 0 Å². The zero-order chi connectivity index (χ0) is 86.4. The largest absolute Gasteiger partial charge is 0.405 e. The van der Waals surface area contributed by atoms with Gasteiger partial charge in [0.05, 0.1) is 36.4 Å². The van der Waals surface area contributed by atoms with Gasteiger partial charge in [0.2, 0.25) is 23.6 Å². The Labute approximate surface area is 713 Å². The first-order chi connectivity index (χ1) is 58.3.